The van der Waals surface area contributed by atoms with E-state index in [2.05, 4.69) is 4.98 Å². The lowest BCUT2D eigenvalue weighted by Gasteiger charge is -2.23. The van der Waals surface area contributed by atoms with Crippen LogP contribution in [-0.4, -0.2) is 22.1 Å². The molecule has 4 heteroatoms. The fourth-order valence-corrected chi connectivity index (χ4v) is 1.34. The second-order valence-corrected chi connectivity index (χ2v) is 3.69. The average Bonchev–Trinajstić information content (AvgIpc) is 2.25. The van der Waals surface area contributed by atoms with Crippen molar-refractivity contribution >= 4 is 11.8 Å². The van der Waals surface area contributed by atoms with Gasteiger partial charge in [0.15, 0.2) is 0 Å². The number of allylic oxidation sites excluding steroid dienone is 1. The van der Waals surface area contributed by atoms with Crippen LogP contribution in [-0.2, 0) is 0 Å². The minimum Gasteiger partial charge on any atom is -0.478 e. The fourth-order valence-electron chi connectivity index (χ4n) is 1.34. The molecule has 0 atom stereocenters. The van der Waals surface area contributed by atoms with Crippen LogP contribution in [0.1, 0.15) is 31.1 Å². The van der Waals surface area contributed by atoms with Gasteiger partial charge in [0.1, 0.15) is 5.82 Å². The van der Waals surface area contributed by atoms with E-state index in [1.54, 1.807) is 12.1 Å². The van der Waals surface area contributed by atoms with Crippen molar-refractivity contribution in [3.05, 3.63) is 36.2 Å². The third kappa shape index (κ3) is 2.82. The zero-order valence-electron chi connectivity index (χ0n) is 9.71. The summed E-state index contributed by atoms with van der Waals surface area (Å²) in [5.74, 6) is -0.209. The second-order valence-electron chi connectivity index (χ2n) is 3.69. The highest BCUT2D eigenvalue weighted by atomic mass is 16.4. The second kappa shape index (κ2) is 5.30. The smallest absolute Gasteiger partial charge is 0.337 e. The number of hydrogen-bond acceptors (Lipinski definition) is 3. The molecular formula is C12H16N2O2. The Morgan fingerprint density at radius 3 is 2.56 bits per heavy atom. The number of carbonyl (C=O) groups is 1. The molecule has 1 rings (SSSR count). The van der Waals surface area contributed by atoms with Crippen LogP contribution < -0.4 is 4.90 Å². The van der Waals surface area contributed by atoms with Crippen molar-refractivity contribution in [2.24, 2.45) is 0 Å². The van der Waals surface area contributed by atoms with Gasteiger partial charge in [-0.3, -0.25) is 0 Å². The van der Waals surface area contributed by atoms with Crippen molar-refractivity contribution in [1.29, 1.82) is 0 Å². The third-order valence-corrected chi connectivity index (χ3v) is 2.13. The predicted molar refractivity (Wildman–Crippen MR) is 63.6 cm³/mol. The Bertz CT molecular complexity index is 383. The van der Waals surface area contributed by atoms with Gasteiger partial charge in [0, 0.05) is 18.4 Å². The van der Waals surface area contributed by atoms with Crippen LogP contribution >= 0.6 is 0 Å². The van der Waals surface area contributed by atoms with Gasteiger partial charge < -0.3 is 10.0 Å². The maximum absolute atomic E-state index is 10.7. The molecular weight excluding hydrogens is 204 g/mol. The van der Waals surface area contributed by atoms with Gasteiger partial charge in [0.2, 0.25) is 0 Å². The molecule has 0 aromatic carbocycles. The van der Waals surface area contributed by atoms with Gasteiger partial charge in [0.25, 0.3) is 0 Å². The van der Waals surface area contributed by atoms with E-state index in [-0.39, 0.29) is 11.6 Å². The molecule has 1 aromatic heterocycles. The van der Waals surface area contributed by atoms with E-state index in [9.17, 15) is 4.79 Å². The number of nitrogens with zero attached hydrogens (tertiary/aromatic N) is 2. The molecule has 86 valence electrons. The van der Waals surface area contributed by atoms with Gasteiger partial charge in [-0.2, -0.15) is 0 Å². The first kappa shape index (κ1) is 12.2. The van der Waals surface area contributed by atoms with Gasteiger partial charge in [-0.25, -0.2) is 9.78 Å². The molecule has 0 aliphatic rings. The highest BCUT2D eigenvalue weighted by molar-refractivity contribution is 5.87. The zero-order chi connectivity index (χ0) is 12.1. The normalized spacial score (nSPS) is 11.0. The first-order valence-electron chi connectivity index (χ1n) is 5.16. The van der Waals surface area contributed by atoms with Crippen molar-refractivity contribution in [2.75, 3.05) is 4.90 Å². The molecule has 0 saturated heterocycles. The van der Waals surface area contributed by atoms with Gasteiger partial charge in [0.05, 0.1) is 5.56 Å². The Labute approximate surface area is 95.2 Å². The SMILES string of the molecule is C/C=C\N(c1ccc(C(=O)O)cn1)C(C)C. The van der Waals surface area contributed by atoms with E-state index in [0.29, 0.717) is 0 Å². The van der Waals surface area contributed by atoms with Crippen LogP contribution in [0.15, 0.2) is 30.6 Å². The number of hydrogen-bond donors (Lipinski definition) is 1. The van der Waals surface area contributed by atoms with Crippen molar-refractivity contribution in [1.82, 2.24) is 4.98 Å². The van der Waals surface area contributed by atoms with Gasteiger partial charge in [-0.15, -0.1) is 0 Å². The Hall–Kier alpha value is -1.84. The Kier molecular flexibility index (Phi) is 4.05. The van der Waals surface area contributed by atoms with Crippen LogP contribution in [0.2, 0.25) is 0 Å². The number of rotatable bonds is 4. The zero-order valence-corrected chi connectivity index (χ0v) is 9.71. The van der Waals surface area contributed by atoms with Crippen molar-refractivity contribution in [2.45, 2.75) is 26.8 Å². The summed E-state index contributed by atoms with van der Waals surface area (Å²) in [6.07, 6.45) is 5.22. The molecule has 0 fully saturated rings. The minimum absolute atomic E-state index is 0.202. The molecule has 0 bridgehead atoms. The molecule has 0 radical (unpaired) electrons. The molecule has 0 unspecified atom stereocenters. The molecule has 0 aliphatic carbocycles. The lowest BCUT2D eigenvalue weighted by Crippen LogP contribution is -2.25. The predicted octanol–water partition coefficient (Wildman–Crippen LogP) is 2.53. The monoisotopic (exact) mass is 220 g/mol. The van der Waals surface area contributed by atoms with Crippen molar-refractivity contribution < 1.29 is 9.90 Å². The first-order chi connectivity index (χ1) is 7.56. The summed E-state index contributed by atoms with van der Waals surface area (Å²) in [6, 6.07) is 3.55. The van der Waals surface area contributed by atoms with Crippen LogP contribution in [0.5, 0.6) is 0 Å². The molecule has 0 spiro atoms. The fraction of sp³-hybridized carbons (Fsp3) is 0.333. The third-order valence-electron chi connectivity index (χ3n) is 2.13. The van der Waals surface area contributed by atoms with Crippen LogP contribution in [0.3, 0.4) is 0 Å². The largest absolute Gasteiger partial charge is 0.478 e. The molecule has 4 nitrogen and oxygen atoms in total. The average molecular weight is 220 g/mol. The molecule has 0 aliphatic heterocycles. The highest BCUT2D eigenvalue weighted by Crippen LogP contribution is 2.15. The number of pyridine rings is 1. The molecule has 1 aromatic rings. The Morgan fingerprint density at radius 2 is 2.19 bits per heavy atom. The lowest BCUT2D eigenvalue weighted by molar-refractivity contribution is 0.0696. The van der Waals surface area contributed by atoms with E-state index in [0.717, 1.165) is 5.82 Å². The number of aromatic nitrogens is 1. The van der Waals surface area contributed by atoms with Gasteiger partial charge in [-0.1, -0.05) is 6.08 Å². The highest BCUT2D eigenvalue weighted by Gasteiger charge is 2.09. The summed E-state index contributed by atoms with van der Waals surface area (Å²) in [5.41, 5.74) is 0.202. The summed E-state index contributed by atoms with van der Waals surface area (Å²) >= 11 is 0. The summed E-state index contributed by atoms with van der Waals surface area (Å²) in [7, 11) is 0. The van der Waals surface area contributed by atoms with Crippen molar-refractivity contribution in [3.63, 3.8) is 0 Å². The van der Waals surface area contributed by atoms with Crippen molar-refractivity contribution in [3.8, 4) is 0 Å². The summed E-state index contributed by atoms with van der Waals surface area (Å²) in [6.45, 7) is 6.03. The maximum atomic E-state index is 10.7. The van der Waals surface area contributed by atoms with E-state index in [1.807, 2.05) is 37.9 Å². The van der Waals surface area contributed by atoms with E-state index >= 15 is 0 Å². The molecule has 0 saturated carbocycles. The maximum Gasteiger partial charge on any atom is 0.337 e. The molecule has 1 heterocycles. The van der Waals surface area contributed by atoms with Gasteiger partial charge >= 0.3 is 5.97 Å². The van der Waals surface area contributed by atoms with Crippen LogP contribution in [0.25, 0.3) is 0 Å². The first-order valence-corrected chi connectivity index (χ1v) is 5.16. The molecule has 0 amide bonds. The summed E-state index contributed by atoms with van der Waals surface area (Å²) in [5, 5.41) is 8.76. The molecule has 16 heavy (non-hydrogen) atoms. The number of carboxylic acid groups (broad SMARTS) is 1. The van der Waals surface area contributed by atoms with E-state index in [1.165, 1.54) is 6.20 Å². The van der Waals surface area contributed by atoms with Gasteiger partial charge in [-0.05, 0) is 32.9 Å². The van der Waals surface area contributed by atoms with Crippen LogP contribution in [0.4, 0.5) is 5.82 Å². The van der Waals surface area contributed by atoms with E-state index in [4.69, 9.17) is 5.11 Å². The quantitative estimate of drug-likeness (QED) is 0.847. The Balaban J connectivity index is 2.98. The Morgan fingerprint density at radius 1 is 1.50 bits per heavy atom. The number of carboxylic acids is 1. The number of aromatic carboxylic acids is 1. The minimum atomic E-state index is -0.957. The lowest BCUT2D eigenvalue weighted by atomic mass is 10.2. The summed E-state index contributed by atoms with van der Waals surface area (Å²) in [4.78, 5) is 16.8. The number of anilines is 1. The van der Waals surface area contributed by atoms with Crippen LogP contribution in [0, 0.1) is 0 Å². The topological polar surface area (TPSA) is 53.4 Å². The standard InChI is InChI=1S/C12H16N2O2/c1-4-7-14(9(2)3)11-6-5-10(8-13-11)12(15)16/h4-9H,1-3H3,(H,15,16)/b7-4-. The van der Waals surface area contributed by atoms with E-state index < -0.39 is 5.97 Å². The molecule has 1 N–H and O–H groups in total. The summed E-state index contributed by atoms with van der Waals surface area (Å²) < 4.78 is 0.